The second kappa shape index (κ2) is 4.69. The molecule has 0 amide bonds. The van der Waals surface area contributed by atoms with E-state index < -0.39 is 0 Å². The third-order valence-corrected chi connectivity index (χ3v) is 3.00. The number of ether oxygens (including phenoxy) is 4. The number of hydrogen-bond donors (Lipinski definition) is 0. The summed E-state index contributed by atoms with van der Waals surface area (Å²) in [5, 5.41) is 0. The maximum absolute atomic E-state index is 11.5. The van der Waals surface area contributed by atoms with Gasteiger partial charge in [-0.1, -0.05) is 13.8 Å². The van der Waals surface area contributed by atoms with E-state index in [-0.39, 0.29) is 36.3 Å². The largest absolute Gasteiger partial charge is 0.457 e. The van der Waals surface area contributed by atoms with Gasteiger partial charge in [0.1, 0.15) is 18.3 Å². The lowest BCUT2D eigenvalue weighted by Crippen LogP contribution is -2.35. The maximum Gasteiger partial charge on any atom is 0.308 e. The van der Waals surface area contributed by atoms with Gasteiger partial charge in [-0.05, 0) is 0 Å². The van der Waals surface area contributed by atoms with Gasteiger partial charge in [0.25, 0.3) is 0 Å². The summed E-state index contributed by atoms with van der Waals surface area (Å²) >= 11 is 0. The average Bonchev–Trinajstić information content (AvgIpc) is 2.80. The first-order chi connectivity index (χ1) is 7.63. The van der Waals surface area contributed by atoms with Crippen LogP contribution in [0.25, 0.3) is 0 Å². The standard InChI is InChI=1S/C11H18O5/c1-6(2)11(12)16-8-5-15-9-7(13-3)4-14-10(8)9/h6-10H,4-5H2,1-3H3. The molecular formula is C11H18O5. The van der Waals surface area contributed by atoms with Gasteiger partial charge >= 0.3 is 5.97 Å². The Balaban J connectivity index is 1.92. The first-order valence-electron chi connectivity index (χ1n) is 5.60. The molecule has 4 atom stereocenters. The molecule has 0 aromatic heterocycles. The van der Waals surface area contributed by atoms with Gasteiger partial charge in [-0.3, -0.25) is 4.79 Å². The summed E-state index contributed by atoms with van der Waals surface area (Å²) in [5.41, 5.74) is 0. The van der Waals surface area contributed by atoms with Gasteiger partial charge in [-0.25, -0.2) is 0 Å². The van der Waals surface area contributed by atoms with Gasteiger partial charge in [-0.2, -0.15) is 0 Å². The Labute approximate surface area is 95.0 Å². The molecule has 2 heterocycles. The maximum atomic E-state index is 11.5. The van der Waals surface area contributed by atoms with Gasteiger partial charge in [0.15, 0.2) is 6.10 Å². The van der Waals surface area contributed by atoms with Gasteiger partial charge in [0.2, 0.25) is 0 Å². The van der Waals surface area contributed by atoms with Crippen LogP contribution in [0.15, 0.2) is 0 Å². The molecule has 0 saturated carbocycles. The van der Waals surface area contributed by atoms with Crippen molar-refractivity contribution in [3.05, 3.63) is 0 Å². The number of carbonyl (C=O) groups is 1. The molecule has 2 saturated heterocycles. The van der Waals surface area contributed by atoms with E-state index in [1.807, 2.05) is 13.8 Å². The van der Waals surface area contributed by atoms with E-state index in [0.717, 1.165) is 0 Å². The van der Waals surface area contributed by atoms with E-state index in [4.69, 9.17) is 18.9 Å². The Bertz CT molecular complexity index is 265. The zero-order valence-electron chi connectivity index (χ0n) is 9.84. The van der Waals surface area contributed by atoms with Crippen LogP contribution in [0, 0.1) is 5.92 Å². The molecule has 2 fully saturated rings. The molecule has 0 radical (unpaired) electrons. The first-order valence-corrected chi connectivity index (χ1v) is 5.60. The summed E-state index contributed by atoms with van der Waals surface area (Å²) in [7, 11) is 1.63. The van der Waals surface area contributed by atoms with Gasteiger partial charge in [0, 0.05) is 7.11 Å². The average molecular weight is 230 g/mol. The van der Waals surface area contributed by atoms with Crippen LogP contribution in [0.1, 0.15) is 13.8 Å². The minimum Gasteiger partial charge on any atom is -0.457 e. The predicted molar refractivity (Wildman–Crippen MR) is 55.0 cm³/mol. The topological polar surface area (TPSA) is 54.0 Å². The molecule has 0 aliphatic carbocycles. The van der Waals surface area contributed by atoms with E-state index in [2.05, 4.69) is 0 Å². The van der Waals surface area contributed by atoms with Crippen molar-refractivity contribution in [2.24, 2.45) is 5.92 Å². The molecule has 2 aliphatic heterocycles. The zero-order chi connectivity index (χ0) is 11.7. The quantitative estimate of drug-likeness (QED) is 0.655. The summed E-state index contributed by atoms with van der Waals surface area (Å²) in [6.45, 7) is 4.52. The van der Waals surface area contributed by atoms with Crippen molar-refractivity contribution in [2.75, 3.05) is 20.3 Å². The van der Waals surface area contributed by atoms with E-state index in [1.54, 1.807) is 7.11 Å². The van der Waals surface area contributed by atoms with Gasteiger partial charge < -0.3 is 18.9 Å². The molecule has 2 rings (SSSR count). The fraction of sp³-hybridized carbons (Fsp3) is 0.909. The molecule has 0 spiro atoms. The molecule has 92 valence electrons. The highest BCUT2D eigenvalue weighted by Crippen LogP contribution is 2.30. The number of methoxy groups -OCH3 is 1. The van der Waals surface area contributed by atoms with Crippen LogP contribution in [-0.4, -0.2) is 50.7 Å². The fourth-order valence-corrected chi connectivity index (χ4v) is 2.02. The van der Waals surface area contributed by atoms with Crippen LogP contribution in [0.4, 0.5) is 0 Å². The Kier molecular flexibility index (Phi) is 3.47. The van der Waals surface area contributed by atoms with Crippen LogP contribution < -0.4 is 0 Å². The van der Waals surface area contributed by atoms with Crippen molar-refractivity contribution < 1.29 is 23.7 Å². The number of fused-ring (bicyclic) bond motifs is 1. The molecule has 0 aromatic rings. The van der Waals surface area contributed by atoms with Gasteiger partial charge in [-0.15, -0.1) is 0 Å². The van der Waals surface area contributed by atoms with Crippen molar-refractivity contribution in [1.82, 2.24) is 0 Å². The highest BCUT2D eigenvalue weighted by molar-refractivity contribution is 5.71. The number of hydrogen-bond acceptors (Lipinski definition) is 5. The van der Waals surface area contributed by atoms with E-state index in [0.29, 0.717) is 13.2 Å². The van der Waals surface area contributed by atoms with Crippen LogP contribution in [0.5, 0.6) is 0 Å². The fourth-order valence-electron chi connectivity index (χ4n) is 2.02. The molecule has 5 nitrogen and oxygen atoms in total. The first kappa shape index (κ1) is 11.8. The van der Waals surface area contributed by atoms with E-state index >= 15 is 0 Å². The molecule has 2 aliphatic rings. The predicted octanol–water partition coefficient (Wildman–Crippen LogP) is 0.367. The van der Waals surface area contributed by atoms with Gasteiger partial charge in [0.05, 0.1) is 19.1 Å². The SMILES string of the molecule is COC1COC2C(OC(=O)C(C)C)COC12. The van der Waals surface area contributed by atoms with E-state index in [1.165, 1.54) is 0 Å². The zero-order valence-corrected chi connectivity index (χ0v) is 9.84. The minimum atomic E-state index is -0.292. The molecule has 5 heteroatoms. The third kappa shape index (κ3) is 2.07. The summed E-state index contributed by atoms with van der Waals surface area (Å²) in [6, 6.07) is 0. The number of esters is 1. The van der Waals surface area contributed by atoms with Crippen LogP contribution in [-0.2, 0) is 23.7 Å². The highest BCUT2D eigenvalue weighted by atomic mass is 16.6. The van der Waals surface area contributed by atoms with Crippen molar-refractivity contribution in [3.8, 4) is 0 Å². The van der Waals surface area contributed by atoms with Crippen LogP contribution in [0.3, 0.4) is 0 Å². The Morgan fingerprint density at radius 3 is 2.31 bits per heavy atom. The summed E-state index contributed by atoms with van der Waals surface area (Å²) < 4.78 is 21.7. The minimum absolute atomic E-state index is 0.0484. The third-order valence-electron chi connectivity index (χ3n) is 3.00. The van der Waals surface area contributed by atoms with Crippen LogP contribution >= 0.6 is 0 Å². The second-order valence-corrected chi connectivity index (χ2v) is 4.50. The normalized spacial score (nSPS) is 37.8. The Morgan fingerprint density at radius 2 is 1.75 bits per heavy atom. The monoisotopic (exact) mass is 230 g/mol. The van der Waals surface area contributed by atoms with Crippen molar-refractivity contribution in [2.45, 2.75) is 38.3 Å². The van der Waals surface area contributed by atoms with Crippen molar-refractivity contribution in [3.63, 3.8) is 0 Å². The molecule has 0 N–H and O–H groups in total. The summed E-state index contributed by atoms with van der Waals surface area (Å²) in [5.74, 6) is -0.336. The van der Waals surface area contributed by atoms with E-state index in [9.17, 15) is 4.79 Å². The smallest absolute Gasteiger partial charge is 0.308 e. The second-order valence-electron chi connectivity index (χ2n) is 4.50. The lowest BCUT2D eigenvalue weighted by Gasteiger charge is -2.17. The molecule has 0 aromatic carbocycles. The number of carbonyl (C=O) groups excluding carboxylic acids is 1. The molecule has 0 bridgehead atoms. The molecular weight excluding hydrogens is 212 g/mol. The summed E-state index contributed by atoms with van der Waals surface area (Å²) in [4.78, 5) is 11.5. The highest BCUT2D eigenvalue weighted by Gasteiger charge is 2.49. The number of rotatable bonds is 3. The Hall–Kier alpha value is -0.650. The Morgan fingerprint density at radius 1 is 1.19 bits per heavy atom. The molecule has 16 heavy (non-hydrogen) atoms. The van der Waals surface area contributed by atoms with Crippen molar-refractivity contribution >= 4 is 5.97 Å². The lowest BCUT2D eigenvalue weighted by atomic mass is 10.1. The van der Waals surface area contributed by atoms with Crippen LogP contribution in [0.2, 0.25) is 0 Å². The van der Waals surface area contributed by atoms with Crippen molar-refractivity contribution in [1.29, 1.82) is 0 Å². The summed E-state index contributed by atoms with van der Waals surface area (Å²) in [6.07, 6.45) is -0.615. The molecule has 4 unspecified atom stereocenters. The lowest BCUT2D eigenvalue weighted by molar-refractivity contribution is -0.157.